The summed E-state index contributed by atoms with van der Waals surface area (Å²) in [6.07, 6.45) is 2.88. The zero-order valence-electron chi connectivity index (χ0n) is 10.00. The summed E-state index contributed by atoms with van der Waals surface area (Å²) in [4.78, 5) is 23.1. The van der Waals surface area contributed by atoms with E-state index < -0.39 is 11.8 Å². The second-order valence-corrected chi connectivity index (χ2v) is 3.76. The van der Waals surface area contributed by atoms with E-state index in [1.165, 1.54) is 18.4 Å². The number of rotatable bonds is 4. The molecule has 0 fully saturated rings. The standard InChI is InChI=1S/C14H12N2O3/c15-13(17)11(9-10-5-2-1-3-6-10)16-14(18)12-7-4-8-19-12/h1-9H,(H2,15,17)(H,16,18)/b11-9-. The summed E-state index contributed by atoms with van der Waals surface area (Å²) >= 11 is 0. The summed E-state index contributed by atoms with van der Waals surface area (Å²) in [5.74, 6) is -1.13. The van der Waals surface area contributed by atoms with Crippen LogP contribution in [0, 0.1) is 0 Å². The van der Waals surface area contributed by atoms with Gasteiger partial charge in [0, 0.05) is 0 Å². The van der Waals surface area contributed by atoms with Crippen LogP contribution in [-0.4, -0.2) is 11.8 Å². The number of nitrogens with one attached hydrogen (secondary N) is 1. The van der Waals surface area contributed by atoms with Gasteiger partial charge in [-0.3, -0.25) is 9.59 Å². The van der Waals surface area contributed by atoms with Gasteiger partial charge in [0.15, 0.2) is 5.76 Å². The van der Waals surface area contributed by atoms with Crippen molar-refractivity contribution in [3.8, 4) is 0 Å². The molecule has 0 saturated carbocycles. The summed E-state index contributed by atoms with van der Waals surface area (Å²) in [7, 11) is 0. The summed E-state index contributed by atoms with van der Waals surface area (Å²) < 4.78 is 4.93. The largest absolute Gasteiger partial charge is 0.459 e. The topological polar surface area (TPSA) is 85.3 Å². The highest BCUT2D eigenvalue weighted by atomic mass is 16.3. The predicted molar refractivity (Wildman–Crippen MR) is 69.8 cm³/mol. The molecule has 0 aliphatic heterocycles. The highest BCUT2D eigenvalue weighted by Crippen LogP contribution is 2.06. The van der Waals surface area contributed by atoms with Gasteiger partial charge in [-0.1, -0.05) is 30.3 Å². The molecule has 1 aromatic heterocycles. The van der Waals surface area contributed by atoms with Gasteiger partial charge in [0.1, 0.15) is 5.70 Å². The lowest BCUT2D eigenvalue weighted by molar-refractivity contribution is -0.114. The normalized spacial score (nSPS) is 11.1. The van der Waals surface area contributed by atoms with Gasteiger partial charge in [-0.2, -0.15) is 0 Å². The van der Waals surface area contributed by atoms with Gasteiger partial charge in [0.05, 0.1) is 6.26 Å². The number of nitrogens with two attached hydrogens (primary N) is 1. The number of amides is 2. The fourth-order valence-corrected chi connectivity index (χ4v) is 1.48. The van der Waals surface area contributed by atoms with E-state index in [1.807, 2.05) is 18.2 Å². The lowest BCUT2D eigenvalue weighted by atomic mass is 10.2. The highest BCUT2D eigenvalue weighted by Gasteiger charge is 2.13. The molecule has 0 aliphatic rings. The molecule has 0 radical (unpaired) electrons. The molecule has 0 aliphatic carbocycles. The molecule has 1 heterocycles. The van der Waals surface area contributed by atoms with Crippen LogP contribution < -0.4 is 11.1 Å². The molecule has 1 aromatic carbocycles. The van der Waals surface area contributed by atoms with Crippen LogP contribution in [0.15, 0.2) is 58.8 Å². The smallest absolute Gasteiger partial charge is 0.291 e. The number of benzene rings is 1. The second kappa shape index (κ2) is 5.68. The van der Waals surface area contributed by atoms with Gasteiger partial charge in [0.2, 0.25) is 0 Å². The molecule has 2 rings (SSSR count). The van der Waals surface area contributed by atoms with Gasteiger partial charge in [-0.15, -0.1) is 0 Å². The van der Waals surface area contributed by atoms with Crippen molar-refractivity contribution in [3.05, 3.63) is 65.7 Å². The van der Waals surface area contributed by atoms with Crippen molar-refractivity contribution in [1.29, 1.82) is 0 Å². The third-order valence-corrected chi connectivity index (χ3v) is 2.37. The van der Waals surface area contributed by atoms with Gasteiger partial charge >= 0.3 is 0 Å². The maximum absolute atomic E-state index is 11.8. The first-order chi connectivity index (χ1) is 9.16. The van der Waals surface area contributed by atoms with Gasteiger partial charge in [-0.25, -0.2) is 0 Å². The summed E-state index contributed by atoms with van der Waals surface area (Å²) in [5.41, 5.74) is 6.00. The molecule has 96 valence electrons. The zero-order valence-corrected chi connectivity index (χ0v) is 10.00. The second-order valence-electron chi connectivity index (χ2n) is 3.76. The monoisotopic (exact) mass is 256 g/mol. The molecule has 0 saturated heterocycles. The third kappa shape index (κ3) is 3.32. The van der Waals surface area contributed by atoms with Crippen LogP contribution in [0.2, 0.25) is 0 Å². The van der Waals surface area contributed by atoms with Gasteiger partial charge in [0.25, 0.3) is 11.8 Å². The van der Waals surface area contributed by atoms with Crippen molar-refractivity contribution in [2.24, 2.45) is 5.73 Å². The molecular weight excluding hydrogens is 244 g/mol. The van der Waals surface area contributed by atoms with E-state index in [4.69, 9.17) is 10.2 Å². The van der Waals surface area contributed by atoms with E-state index in [0.717, 1.165) is 5.56 Å². The van der Waals surface area contributed by atoms with Crippen LogP contribution in [0.3, 0.4) is 0 Å². The van der Waals surface area contributed by atoms with Crippen molar-refractivity contribution < 1.29 is 14.0 Å². The van der Waals surface area contributed by atoms with E-state index in [9.17, 15) is 9.59 Å². The first kappa shape index (κ1) is 12.6. The molecule has 19 heavy (non-hydrogen) atoms. The Hall–Kier alpha value is -2.82. The van der Waals surface area contributed by atoms with Crippen LogP contribution in [-0.2, 0) is 4.79 Å². The molecular formula is C14H12N2O3. The Balaban J connectivity index is 2.20. The molecule has 0 spiro atoms. The minimum absolute atomic E-state index is 0.00704. The van der Waals surface area contributed by atoms with Crippen LogP contribution in [0.4, 0.5) is 0 Å². The number of hydrogen-bond acceptors (Lipinski definition) is 3. The molecule has 0 atom stereocenters. The Morgan fingerprint density at radius 3 is 2.42 bits per heavy atom. The Labute approximate surface area is 109 Å². The maximum atomic E-state index is 11.8. The van der Waals surface area contributed by atoms with E-state index in [-0.39, 0.29) is 11.5 Å². The van der Waals surface area contributed by atoms with Crippen LogP contribution in [0.5, 0.6) is 0 Å². The minimum atomic E-state index is -0.719. The third-order valence-electron chi connectivity index (χ3n) is 2.37. The first-order valence-corrected chi connectivity index (χ1v) is 5.58. The average Bonchev–Trinajstić information content (AvgIpc) is 2.93. The van der Waals surface area contributed by atoms with Crippen molar-refractivity contribution >= 4 is 17.9 Å². The van der Waals surface area contributed by atoms with E-state index >= 15 is 0 Å². The van der Waals surface area contributed by atoms with Crippen LogP contribution in [0.1, 0.15) is 16.1 Å². The fourth-order valence-electron chi connectivity index (χ4n) is 1.48. The first-order valence-electron chi connectivity index (χ1n) is 5.58. The summed E-state index contributed by atoms with van der Waals surface area (Å²) in [6, 6.07) is 12.2. The summed E-state index contributed by atoms with van der Waals surface area (Å²) in [5, 5.41) is 2.42. The molecule has 5 nitrogen and oxygen atoms in total. The van der Waals surface area contributed by atoms with Gasteiger partial charge in [-0.05, 0) is 23.8 Å². The fraction of sp³-hybridized carbons (Fsp3) is 0. The Morgan fingerprint density at radius 1 is 1.11 bits per heavy atom. The lowest BCUT2D eigenvalue weighted by Crippen LogP contribution is -2.30. The molecule has 2 aromatic rings. The van der Waals surface area contributed by atoms with E-state index in [1.54, 1.807) is 18.2 Å². The predicted octanol–water partition coefficient (Wildman–Crippen LogP) is 1.54. The molecule has 0 unspecified atom stereocenters. The number of carbonyl (C=O) groups is 2. The number of hydrogen-bond donors (Lipinski definition) is 2. The van der Waals surface area contributed by atoms with Crippen molar-refractivity contribution in [1.82, 2.24) is 5.32 Å². The zero-order chi connectivity index (χ0) is 13.7. The van der Waals surface area contributed by atoms with Crippen molar-refractivity contribution in [3.63, 3.8) is 0 Å². The Kier molecular flexibility index (Phi) is 3.78. The van der Waals surface area contributed by atoms with Crippen molar-refractivity contribution in [2.75, 3.05) is 0 Å². The Morgan fingerprint density at radius 2 is 1.84 bits per heavy atom. The van der Waals surface area contributed by atoms with Crippen LogP contribution in [0.25, 0.3) is 6.08 Å². The van der Waals surface area contributed by atoms with E-state index in [2.05, 4.69) is 5.32 Å². The number of primary amides is 1. The highest BCUT2D eigenvalue weighted by molar-refractivity contribution is 6.03. The SMILES string of the molecule is NC(=O)/C(=C/c1ccccc1)NC(=O)c1ccco1. The minimum Gasteiger partial charge on any atom is -0.459 e. The van der Waals surface area contributed by atoms with Crippen molar-refractivity contribution in [2.45, 2.75) is 0 Å². The molecule has 2 amide bonds. The number of carbonyl (C=O) groups excluding carboxylic acids is 2. The lowest BCUT2D eigenvalue weighted by Gasteiger charge is -2.05. The molecule has 3 N–H and O–H groups in total. The average molecular weight is 256 g/mol. The maximum Gasteiger partial charge on any atom is 0.291 e. The Bertz CT molecular complexity index is 601. The quantitative estimate of drug-likeness (QED) is 0.813. The van der Waals surface area contributed by atoms with E-state index in [0.29, 0.717) is 0 Å². The summed E-state index contributed by atoms with van der Waals surface area (Å²) in [6.45, 7) is 0. The molecule has 5 heteroatoms. The molecule has 0 bridgehead atoms. The number of furan rings is 1. The van der Waals surface area contributed by atoms with Gasteiger partial charge < -0.3 is 15.5 Å². The van der Waals surface area contributed by atoms with Crippen LogP contribution >= 0.6 is 0 Å².